The Hall–Kier alpha value is -4.36. The van der Waals surface area contributed by atoms with E-state index in [0.717, 1.165) is 19.2 Å². The Morgan fingerprint density at radius 3 is 1.66 bits per heavy atom. The fourth-order valence-electron chi connectivity index (χ4n) is 1.95. The minimum absolute atomic E-state index is 0.0988. The van der Waals surface area contributed by atoms with E-state index in [4.69, 9.17) is 5.11 Å². The van der Waals surface area contributed by atoms with Crippen molar-refractivity contribution in [1.29, 1.82) is 0 Å². The van der Waals surface area contributed by atoms with Crippen molar-refractivity contribution in [3.63, 3.8) is 0 Å². The molecule has 0 amide bonds. The van der Waals surface area contributed by atoms with Gasteiger partial charge in [0.1, 0.15) is 0 Å². The molecule has 0 saturated carbocycles. The second kappa shape index (κ2) is 9.03. The zero-order valence-corrected chi connectivity index (χ0v) is 15.2. The number of nitrogens with one attached hydrogen (secondary N) is 2. The molecule has 0 aliphatic rings. The molecule has 14 heteroatoms. The van der Waals surface area contributed by atoms with E-state index in [1.807, 2.05) is 4.98 Å². The van der Waals surface area contributed by atoms with Gasteiger partial charge in [0.2, 0.25) is 11.4 Å². The highest BCUT2D eigenvalue weighted by Gasteiger charge is 2.23. The van der Waals surface area contributed by atoms with Gasteiger partial charge in [-0.3, -0.25) is 29.8 Å². The summed E-state index contributed by atoms with van der Waals surface area (Å²) in [6, 6.07) is 1.97. The van der Waals surface area contributed by atoms with Gasteiger partial charge in [0, 0.05) is 23.3 Å². The molecule has 0 radical (unpaired) electrons. The molecule has 0 aliphatic carbocycles. The highest BCUT2D eigenvalue weighted by Crippen LogP contribution is 2.16. The Kier molecular flexibility index (Phi) is 7.06. The normalized spacial score (nSPS) is 9.76. The van der Waals surface area contributed by atoms with Crippen LogP contribution in [0.15, 0.2) is 21.7 Å². The number of H-pyrrole nitrogens is 2. The number of carbonyl (C=O) groups excluding carboxylic acids is 1. The maximum Gasteiger partial charge on any atom is 0.361 e. The smallest absolute Gasteiger partial charge is 0.361 e. The van der Waals surface area contributed by atoms with Crippen LogP contribution in [0.3, 0.4) is 0 Å². The van der Waals surface area contributed by atoms with E-state index in [-0.39, 0.29) is 11.1 Å². The van der Waals surface area contributed by atoms with Gasteiger partial charge in [-0.25, -0.2) is 9.59 Å². The Labute approximate surface area is 160 Å². The van der Waals surface area contributed by atoms with Crippen molar-refractivity contribution in [3.05, 3.63) is 75.6 Å². The van der Waals surface area contributed by atoms with Gasteiger partial charge >= 0.3 is 23.3 Å². The summed E-state index contributed by atoms with van der Waals surface area (Å²) >= 11 is 0. The van der Waals surface area contributed by atoms with Crippen LogP contribution in [0.1, 0.15) is 32.1 Å². The minimum atomic E-state index is -1.53. The van der Waals surface area contributed by atoms with Crippen molar-refractivity contribution in [2.45, 2.75) is 13.8 Å². The average Bonchev–Trinajstić information content (AvgIpc) is 2.64. The van der Waals surface area contributed by atoms with Gasteiger partial charge in [0.15, 0.2) is 0 Å². The first-order valence-electron chi connectivity index (χ1n) is 7.48. The zero-order chi connectivity index (χ0) is 22.5. The van der Waals surface area contributed by atoms with Gasteiger partial charge in [0.05, 0.1) is 17.0 Å². The number of aromatic nitrogens is 2. The van der Waals surface area contributed by atoms with Crippen LogP contribution in [-0.4, -0.2) is 44.0 Å². The second-order valence-corrected chi connectivity index (χ2v) is 5.39. The van der Waals surface area contributed by atoms with Crippen molar-refractivity contribution in [2.75, 3.05) is 7.11 Å². The second-order valence-electron chi connectivity index (χ2n) is 5.39. The highest BCUT2D eigenvalue weighted by atomic mass is 16.6. The molecule has 0 aromatic carbocycles. The van der Waals surface area contributed by atoms with Crippen LogP contribution in [0.5, 0.6) is 0 Å². The van der Waals surface area contributed by atoms with Gasteiger partial charge in [-0.2, -0.15) is 0 Å². The van der Waals surface area contributed by atoms with E-state index in [2.05, 4.69) is 9.72 Å². The predicted molar refractivity (Wildman–Crippen MR) is 95.2 cm³/mol. The van der Waals surface area contributed by atoms with Crippen LogP contribution in [-0.2, 0) is 4.74 Å². The lowest BCUT2D eigenvalue weighted by molar-refractivity contribution is -0.385. The fraction of sp³-hybridized carbons (Fsp3) is 0.200. The number of carboxylic acid groups (broad SMARTS) is 1. The number of aromatic carboxylic acids is 1. The molecule has 2 heterocycles. The number of rotatable bonds is 4. The van der Waals surface area contributed by atoms with Gasteiger partial charge in [-0.05, 0) is 13.8 Å². The Morgan fingerprint density at radius 1 is 0.931 bits per heavy atom. The zero-order valence-electron chi connectivity index (χ0n) is 15.2. The monoisotopic (exact) mass is 410 g/mol. The number of nitrogens with zero attached hydrogens (tertiary/aromatic N) is 2. The molecular formula is C15H14N4O10. The number of hydrogen-bond donors (Lipinski definition) is 3. The molecule has 2 rings (SSSR count). The number of aromatic amines is 2. The first-order chi connectivity index (χ1) is 13.4. The third kappa shape index (κ3) is 5.31. The molecular weight excluding hydrogens is 396 g/mol. The molecule has 0 fully saturated rings. The van der Waals surface area contributed by atoms with E-state index >= 15 is 0 Å². The van der Waals surface area contributed by atoms with E-state index in [9.17, 15) is 39.4 Å². The summed E-state index contributed by atoms with van der Waals surface area (Å²) in [4.78, 5) is 67.2. The molecule has 0 atom stereocenters. The molecule has 2 aromatic heterocycles. The molecule has 0 bridgehead atoms. The number of methoxy groups -OCH3 is 1. The number of pyridine rings is 2. The number of esters is 1. The maximum atomic E-state index is 11.1. The quantitative estimate of drug-likeness (QED) is 0.363. The summed E-state index contributed by atoms with van der Waals surface area (Å²) in [6.07, 6.45) is 0. The van der Waals surface area contributed by atoms with Crippen LogP contribution in [0.25, 0.3) is 0 Å². The number of hydrogen-bond acceptors (Lipinski definition) is 9. The SMILES string of the molecule is COC(=O)c1[nH]c(=O)c(C)cc1[N+](=O)[O-].Cc1cc([N+](=O)[O-])c(C(=O)O)[nH]c1=O. The lowest BCUT2D eigenvalue weighted by Gasteiger charge is -2.01. The summed E-state index contributed by atoms with van der Waals surface area (Å²) in [7, 11) is 1.07. The van der Waals surface area contributed by atoms with E-state index in [1.54, 1.807) is 0 Å². The van der Waals surface area contributed by atoms with Crippen LogP contribution in [0.4, 0.5) is 11.4 Å². The first-order valence-corrected chi connectivity index (χ1v) is 7.48. The molecule has 154 valence electrons. The van der Waals surface area contributed by atoms with Crippen LogP contribution < -0.4 is 11.1 Å². The number of nitro groups is 2. The topological polar surface area (TPSA) is 216 Å². The Morgan fingerprint density at radius 2 is 1.31 bits per heavy atom. The van der Waals surface area contributed by atoms with E-state index < -0.39 is 55.7 Å². The van der Waals surface area contributed by atoms with E-state index in [0.29, 0.717) is 0 Å². The molecule has 0 spiro atoms. The van der Waals surface area contributed by atoms with Crippen LogP contribution >= 0.6 is 0 Å². The van der Waals surface area contributed by atoms with Crippen molar-refractivity contribution in [2.24, 2.45) is 0 Å². The average molecular weight is 410 g/mol. The number of carbonyl (C=O) groups is 2. The largest absolute Gasteiger partial charge is 0.476 e. The Balaban J connectivity index is 0.000000291. The van der Waals surface area contributed by atoms with Crippen molar-refractivity contribution < 1.29 is 29.3 Å². The van der Waals surface area contributed by atoms with Gasteiger partial charge < -0.3 is 19.8 Å². The third-order valence-corrected chi connectivity index (χ3v) is 3.41. The molecule has 29 heavy (non-hydrogen) atoms. The summed E-state index contributed by atoms with van der Waals surface area (Å²) in [5.74, 6) is -2.48. The predicted octanol–water partition coefficient (Wildman–Crippen LogP) is 0.668. The van der Waals surface area contributed by atoms with Gasteiger partial charge in [-0.15, -0.1) is 0 Å². The number of carboxylic acids is 1. The highest BCUT2D eigenvalue weighted by molar-refractivity contribution is 5.91. The Bertz CT molecular complexity index is 1120. The number of ether oxygens (including phenoxy) is 1. The van der Waals surface area contributed by atoms with Gasteiger partial charge in [-0.1, -0.05) is 0 Å². The molecule has 0 aliphatic heterocycles. The summed E-state index contributed by atoms with van der Waals surface area (Å²) < 4.78 is 4.31. The lowest BCUT2D eigenvalue weighted by Crippen LogP contribution is -2.18. The first kappa shape index (κ1) is 22.7. The third-order valence-electron chi connectivity index (χ3n) is 3.41. The maximum absolute atomic E-state index is 11.1. The lowest BCUT2D eigenvalue weighted by atomic mass is 10.2. The molecule has 0 saturated heterocycles. The molecule has 2 aromatic rings. The minimum Gasteiger partial charge on any atom is -0.476 e. The fourth-order valence-corrected chi connectivity index (χ4v) is 1.95. The summed E-state index contributed by atoms with van der Waals surface area (Å²) in [6.45, 7) is 2.77. The standard InChI is InChI=1S/C8H8N2O5.C7H6N2O5/c1-4-3-5(10(13)14)6(8(12)15-2)9-7(4)11;1-3-2-4(9(13)14)5(7(11)12)8-6(3)10/h3H,1-2H3,(H,9,11);2H,1H3,(H,8,10)(H,11,12). The van der Waals surface area contributed by atoms with Gasteiger partial charge in [0.25, 0.3) is 11.1 Å². The number of aryl methyl sites for hydroxylation is 2. The molecule has 0 unspecified atom stereocenters. The van der Waals surface area contributed by atoms with E-state index in [1.165, 1.54) is 13.8 Å². The van der Waals surface area contributed by atoms with Crippen LogP contribution in [0.2, 0.25) is 0 Å². The summed E-state index contributed by atoms with van der Waals surface area (Å²) in [5, 5.41) is 29.5. The van der Waals surface area contributed by atoms with Crippen LogP contribution in [0, 0.1) is 34.1 Å². The summed E-state index contributed by atoms with van der Waals surface area (Å²) in [5.41, 5.74) is -3.18. The molecule has 3 N–H and O–H groups in total. The molecule has 14 nitrogen and oxygen atoms in total. The van der Waals surface area contributed by atoms with Crippen molar-refractivity contribution in [3.8, 4) is 0 Å². The van der Waals surface area contributed by atoms with Crippen molar-refractivity contribution >= 4 is 23.3 Å². The van der Waals surface area contributed by atoms with Crippen molar-refractivity contribution in [1.82, 2.24) is 9.97 Å².